The van der Waals surface area contributed by atoms with Crippen LogP contribution in [0.3, 0.4) is 0 Å². The molecule has 0 heterocycles. The molecule has 48 valence electrons. The van der Waals surface area contributed by atoms with Crippen molar-refractivity contribution in [2.75, 3.05) is 0 Å². The summed E-state index contributed by atoms with van der Waals surface area (Å²) in [6.07, 6.45) is 0. The molecule has 1 aromatic rings. The highest BCUT2D eigenvalue weighted by Crippen LogP contribution is 2.18. The van der Waals surface area contributed by atoms with E-state index in [0.717, 1.165) is 5.02 Å². The number of hydrogen-bond acceptors (Lipinski definition) is 0. The van der Waals surface area contributed by atoms with Crippen LogP contribution in [0.1, 0.15) is 0 Å². The van der Waals surface area contributed by atoms with Gasteiger partial charge in [0.25, 0.3) is 0 Å². The fourth-order valence-corrected chi connectivity index (χ4v) is 1.68. The Morgan fingerprint density at radius 2 is 1.78 bits per heavy atom. The maximum Gasteiger partial charge on any atom is 0.0417 e. The summed E-state index contributed by atoms with van der Waals surface area (Å²) in [6, 6.07) is 5.85. The first-order valence-corrected chi connectivity index (χ1v) is 4.84. The van der Waals surface area contributed by atoms with Crippen molar-refractivity contribution >= 4 is 56.8 Å². The summed E-state index contributed by atoms with van der Waals surface area (Å²) in [7, 11) is 0. The number of benzene rings is 1. The molecule has 0 spiro atoms. The van der Waals surface area contributed by atoms with Crippen LogP contribution in [0.25, 0.3) is 0 Å². The summed E-state index contributed by atoms with van der Waals surface area (Å²) < 4.78 is 2.46. The van der Waals surface area contributed by atoms with E-state index in [0.29, 0.717) is 0 Å². The molecule has 1 rings (SSSR count). The van der Waals surface area contributed by atoms with Crippen molar-refractivity contribution in [2.24, 2.45) is 0 Å². The van der Waals surface area contributed by atoms with Crippen LogP contribution in [0.5, 0.6) is 0 Å². The average Bonchev–Trinajstić information content (AvgIpc) is 1.80. The average molecular weight is 364 g/mol. The van der Waals surface area contributed by atoms with E-state index in [1.54, 1.807) is 0 Å². The Kier molecular flexibility index (Phi) is 3.04. The number of hydrogen-bond donors (Lipinski definition) is 0. The standard InChI is InChI=1S/C6H3ClI2/c7-4-1-2-5(8)6(9)3-4/h1-3H. The first-order valence-electron chi connectivity index (χ1n) is 2.30. The predicted molar refractivity (Wildman–Crippen MR) is 56.9 cm³/mol. The van der Waals surface area contributed by atoms with Crippen LogP contribution in [0.4, 0.5) is 0 Å². The molecular weight excluding hydrogens is 361 g/mol. The first kappa shape index (κ1) is 8.07. The fourth-order valence-electron chi connectivity index (χ4n) is 0.470. The smallest absolute Gasteiger partial charge is 0.0417 e. The van der Waals surface area contributed by atoms with Crippen LogP contribution < -0.4 is 0 Å². The van der Waals surface area contributed by atoms with Crippen LogP contribution in [-0.2, 0) is 0 Å². The van der Waals surface area contributed by atoms with Crippen LogP contribution in [0.2, 0.25) is 5.02 Å². The summed E-state index contributed by atoms with van der Waals surface area (Å²) in [6.45, 7) is 0. The molecule has 0 fully saturated rings. The van der Waals surface area contributed by atoms with E-state index in [2.05, 4.69) is 45.2 Å². The highest BCUT2D eigenvalue weighted by Gasteiger charge is 1.93. The molecular formula is C6H3ClI2. The van der Waals surface area contributed by atoms with Gasteiger partial charge in [-0.05, 0) is 63.4 Å². The molecule has 0 nitrogen and oxygen atoms in total. The van der Waals surface area contributed by atoms with Gasteiger partial charge in [-0.25, -0.2) is 0 Å². The molecule has 0 atom stereocenters. The highest BCUT2D eigenvalue weighted by atomic mass is 127. The van der Waals surface area contributed by atoms with Crippen LogP contribution in [0, 0.1) is 7.14 Å². The maximum absolute atomic E-state index is 5.71. The van der Waals surface area contributed by atoms with Gasteiger partial charge in [0.1, 0.15) is 0 Å². The monoisotopic (exact) mass is 364 g/mol. The van der Waals surface area contributed by atoms with Gasteiger partial charge in [0.05, 0.1) is 0 Å². The number of halogens is 3. The first-order chi connectivity index (χ1) is 4.20. The Balaban J connectivity index is 3.17. The summed E-state index contributed by atoms with van der Waals surface area (Å²) >= 11 is 10.2. The molecule has 9 heavy (non-hydrogen) atoms. The summed E-state index contributed by atoms with van der Waals surface area (Å²) in [5, 5.41) is 0.805. The molecule has 0 radical (unpaired) electrons. The Labute approximate surface area is 86.3 Å². The molecule has 3 heteroatoms. The van der Waals surface area contributed by atoms with Gasteiger partial charge in [-0.15, -0.1) is 0 Å². The van der Waals surface area contributed by atoms with Gasteiger partial charge in [0.2, 0.25) is 0 Å². The number of rotatable bonds is 0. The normalized spacial score (nSPS) is 9.67. The Hall–Kier alpha value is 0.970. The maximum atomic E-state index is 5.71. The minimum absolute atomic E-state index is 0.805. The van der Waals surface area contributed by atoms with E-state index in [1.807, 2.05) is 18.2 Å². The molecule has 0 amide bonds. The van der Waals surface area contributed by atoms with Gasteiger partial charge in [0, 0.05) is 12.2 Å². The van der Waals surface area contributed by atoms with Crippen molar-refractivity contribution in [3.05, 3.63) is 30.4 Å². The molecule has 0 aromatic heterocycles. The van der Waals surface area contributed by atoms with E-state index in [9.17, 15) is 0 Å². The summed E-state index contributed by atoms with van der Waals surface area (Å²) in [5.74, 6) is 0. The molecule has 1 aromatic carbocycles. The van der Waals surface area contributed by atoms with Gasteiger partial charge in [-0.3, -0.25) is 0 Å². The lowest BCUT2D eigenvalue weighted by molar-refractivity contribution is 1.58. The zero-order chi connectivity index (χ0) is 6.85. The SMILES string of the molecule is Clc1ccc(I)c(I)c1. The van der Waals surface area contributed by atoms with E-state index in [1.165, 1.54) is 7.14 Å². The van der Waals surface area contributed by atoms with Gasteiger partial charge in [0.15, 0.2) is 0 Å². The third kappa shape index (κ3) is 2.23. The second-order valence-corrected chi connectivity index (χ2v) is 4.32. The van der Waals surface area contributed by atoms with E-state index in [-0.39, 0.29) is 0 Å². The largest absolute Gasteiger partial charge is 0.0843 e. The molecule has 0 saturated heterocycles. The molecule has 0 aliphatic heterocycles. The Bertz CT molecular complexity index is 222. The molecule has 0 aliphatic rings. The topological polar surface area (TPSA) is 0 Å². The summed E-state index contributed by atoms with van der Waals surface area (Å²) in [4.78, 5) is 0. The fraction of sp³-hybridized carbons (Fsp3) is 0. The third-order valence-electron chi connectivity index (χ3n) is 0.882. The van der Waals surface area contributed by atoms with Crippen LogP contribution in [-0.4, -0.2) is 0 Å². The van der Waals surface area contributed by atoms with Gasteiger partial charge in [-0.2, -0.15) is 0 Å². The van der Waals surface area contributed by atoms with Crippen molar-refractivity contribution in [2.45, 2.75) is 0 Å². The highest BCUT2D eigenvalue weighted by molar-refractivity contribution is 14.1. The lowest BCUT2D eigenvalue weighted by Crippen LogP contribution is -1.75. The molecule has 0 bridgehead atoms. The predicted octanol–water partition coefficient (Wildman–Crippen LogP) is 3.55. The summed E-state index contributed by atoms with van der Waals surface area (Å²) in [5.41, 5.74) is 0. The van der Waals surface area contributed by atoms with Crippen molar-refractivity contribution in [3.63, 3.8) is 0 Å². The Morgan fingerprint density at radius 3 is 2.22 bits per heavy atom. The van der Waals surface area contributed by atoms with Crippen LogP contribution >= 0.6 is 56.8 Å². The minimum atomic E-state index is 0.805. The van der Waals surface area contributed by atoms with E-state index >= 15 is 0 Å². The zero-order valence-electron chi connectivity index (χ0n) is 4.37. The van der Waals surface area contributed by atoms with E-state index < -0.39 is 0 Å². The second kappa shape index (κ2) is 3.39. The lowest BCUT2D eigenvalue weighted by atomic mass is 10.4. The quantitative estimate of drug-likeness (QED) is 0.488. The van der Waals surface area contributed by atoms with Crippen molar-refractivity contribution in [1.29, 1.82) is 0 Å². The molecule has 0 aliphatic carbocycles. The van der Waals surface area contributed by atoms with E-state index in [4.69, 9.17) is 11.6 Å². The van der Waals surface area contributed by atoms with Crippen molar-refractivity contribution < 1.29 is 0 Å². The molecule has 0 N–H and O–H groups in total. The third-order valence-corrected chi connectivity index (χ3v) is 3.98. The van der Waals surface area contributed by atoms with Crippen molar-refractivity contribution in [1.82, 2.24) is 0 Å². The zero-order valence-corrected chi connectivity index (χ0v) is 9.44. The van der Waals surface area contributed by atoms with Crippen LogP contribution in [0.15, 0.2) is 18.2 Å². The minimum Gasteiger partial charge on any atom is -0.0843 e. The lowest BCUT2D eigenvalue weighted by Gasteiger charge is -1.93. The van der Waals surface area contributed by atoms with Crippen molar-refractivity contribution in [3.8, 4) is 0 Å². The molecule has 0 saturated carbocycles. The second-order valence-electron chi connectivity index (χ2n) is 1.56. The van der Waals surface area contributed by atoms with Gasteiger partial charge in [-0.1, -0.05) is 11.6 Å². The Morgan fingerprint density at radius 1 is 1.11 bits per heavy atom. The van der Waals surface area contributed by atoms with Gasteiger partial charge < -0.3 is 0 Å². The van der Waals surface area contributed by atoms with Gasteiger partial charge >= 0.3 is 0 Å². The molecule has 0 unspecified atom stereocenters.